The first-order chi connectivity index (χ1) is 14.5. The molecule has 0 aliphatic carbocycles. The second kappa shape index (κ2) is 7.86. The molecule has 9 nitrogen and oxygen atoms in total. The van der Waals surface area contributed by atoms with Crippen molar-refractivity contribution in [3.63, 3.8) is 0 Å². The van der Waals surface area contributed by atoms with Gasteiger partial charge in [0.2, 0.25) is 6.79 Å². The summed E-state index contributed by atoms with van der Waals surface area (Å²) >= 11 is 0. The Kier molecular flexibility index (Phi) is 5.09. The van der Waals surface area contributed by atoms with Gasteiger partial charge in [-0.3, -0.25) is 19.3 Å². The average molecular weight is 410 g/mol. The van der Waals surface area contributed by atoms with E-state index >= 15 is 0 Å². The molecule has 0 fully saturated rings. The molecule has 2 aliphatic heterocycles. The third-order valence-corrected chi connectivity index (χ3v) is 4.83. The van der Waals surface area contributed by atoms with E-state index in [4.69, 9.17) is 14.2 Å². The smallest absolute Gasteiger partial charge is 0.329 e. The van der Waals surface area contributed by atoms with Gasteiger partial charge in [0.05, 0.1) is 11.1 Å². The van der Waals surface area contributed by atoms with Gasteiger partial charge < -0.3 is 19.5 Å². The van der Waals surface area contributed by atoms with Gasteiger partial charge in [0, 0.05) is 6.54 Å². The molecular formula is C21H18N2O7. The summed E-state index contributed by atoms with van der Waals surface area (Å²) < 4.78 is 15.5. The monoisotopic (exact) mass is 410 g/mol. The fourth-order valence-corrected chi connectivity index (χ4v) is 3.22. The summed E-state index contributed by atoms with van der Waals surface area (Å²) in [5.74, 6) is -1.25. The van der Waals surface area contributed by atoms with Crippen molar-refractivity contribution in [2.24, 2.45) is 0 Å². The van der Waals surface area contributed by atoms with Crippen LogP contribution in [0.15, 0.2) is 42.5 Å². The fourth-order valence-electron chi connectivity index (χ4n) is 3.22. The molecule has 9 heteroatoms. The van der Waals surface area contributed by atoms with E-state index in [0.29, 0.717) is 11.5 Å². The Labute approximate surface area is 171 Å². The van der Waals surface area contributed by atoms with Crippen LogP contribution in [0.25, 0.3) is 0 Å². The minimum atomic E-state index is -1.15. The van der Waals surface area contributed by atoms with E-state index in [1.165, 1.54) is 19.1 Å². The molecule has 0 bridgehead atoms. The molecule has 30 heavy (non-hydrogen) atoms. The SMILES string of the molecule is C[C@@H](C(=O)OCC(=O)NCc1ccc2c(c1)OCO2)N1C(=O)c2ccccc2C1=O. The minimum Gasteiger partial charge on any atom is -0.454 e. The van der Waals surface area contributed by atoms with Crippen LogP contribution in [-0.4, -0.2) is 48.0 Å². The topological polar surface area (TPSA) is 111 Å². The van der Waals surface area contributed by atoms with Gasteiger partial charge in [-0.1, -0.05) is 18.2 Å². The van der Waals surface area contributed by atoms with Crippen molar-refractivity contribution in [3.8, 4) is 11.5 Å². The van der Waals surface area contributed by atoms with E-state index in [9.17, 15) is 19.2 Å². The predicted octanol–water partition coefficient (Wildman–Crippen LogP) is 1.26. The second-order valence-corrected chi connectivity index (χ2v) is 6.77. The Morgan fingerprint density at radius 1 is 1.07 bits per heavy atom. The maximum Gasteiger partial charge on any atom is 0.329 e. The normalized spacial score (nSPS) is 15.0. The number of nitrogens with zero attached hydrogens (tertiary/aromatic N) is 1. The molecule has 2 aliphatic rings. The highest BCUT2D eigenvalue weighted by Crippen LogP contribution is 2.32. The molecule has 0 unspecified atom stereocenters. The van der Waals surface area contributed by atoms with Crippen LogP contribution in [0.2, 0.25) is 0 Å². The molecule has 3 amide bonds. The van der Waals surface area contributed by atoms with E-state index in [1.54, 1.807) is 30.3 Å². The van der Waals surface area contributed by atoms with Crippen molar-refractivity contribution in [1.82, 2.24) is 10.2 Å². The van der Waals surface area contributed by atoms with Crippen molar-refractivity contribution in [3.05, 3.63) is 59.2 Å². The van der Waals surface area contributed by atoms with Crippen LogP contribution in [-0.2, 0) is 20.9 Å². The van der Waals surface area contributed by atoms with Crippen LogP contribution in [0.4, 0.5) is 0 Å². The largest absolute Gasteiger partial charge is 0.454 e. The molecule has 1 atom stereocenters. The van der Waals surface area contributed by atoms with E-state index in [2.05, 4.69) is 5.32 Å². The molecule has 0 aromatic heterocycles. The summed E-state index contributed by atoms with van der Waals surface area (Å²) in [4.78, 5) is 50.0. The summed E-state index contributed by atoms with van der Waals surface area (Å²) in [6, 6.07) is 10.5. The Morgan fingerprint density at radius 2 is 1.73 bits per heavy atom. The van der Waals surface area contributed by atoms with Crippen molar-refractivity contribution < 1.29 is 33.4 Å². The third-order valence-electron chi connectivity index (χ3n) is 4.83. The van der Waals surface area contributed by atoms with E-state index < -0.39 is 36.3 Å². The highest BCUT2D eigenvalue weighted by Gasteiger charge is 2.41. The maximum absolute atomic E-state index is 12.4. The minimum absolute atomic E-state index is 0.159. The number of hydrogen-bond donors (Lipinski definition) is 1. The van der Waals surface area contributed by atoms with Crippen LogP contribution in [0, 0.1) is 0 Å². The fraction of sp³-hybridized carbons (Fsp3) is 0.238. The van der Waals surface area contributed by atoms with Crippen LogP contribution in [0.5, 0.6) is 11.5 Å². The van der Waals surface area contributed by atoms with Gasteiger partial charge in [-0.05, 0) is 36.8 Å². The Balaban J connectivity index is 1.28. The molecule has 0 spiro atoms. The Morgan fingerprint density at radius 3 is 2.43 bits per heavy atom. The molecular weight excluding hydrogens is 392 g/mol. The number of hydrogen-bond acceptors (Lipinski definition) is 7. The van der Waals surface area contributed by atoms with Crippen LogP contribution >= 0.6 is 0 Å². The summed E-state index contributed by atoms with van der Waals surface area (Å²) in [6.45, 7) is 1.22. The van der Waals surface area contributed by atoms with E-state index in [0.717, 1.165) is 10.5 Å². The van der Waals surface area contributed by atoms with Gasteiger partial charge in [0.15, 0.2) is 18.1 Å². The molecule has 2 heterocycles. The number of nitrogens with one attached hydrogen (secondary N) is 1. The number of imide groups is 1. The summed E-state index contributed by atoms with van der Waals surface area (Å²) in [6.07, 6.45) is 0. The molecule has 2 aromatic rings. The van der Waals surface area contributed by atoms with Gasteiger partial charge in [-0.2, -0.15) is 0 Å². The lowest BCUT2D eigenvalue weighted by molar-refractivity contribution is -0.151. The van der Waals surface area contributed by atoms with Gasteiger partial charge in [0.1, 0.15) is 6.04 Å². The predicted molar refractivity (Wildman–Crippen MR) is 102 cm³/mol. The van der Waals surface area contributed by atoms with Crippen molar-refractivity contribution in [2.45, 2.75) is 19.5 Å². The third kappa shape index (κ3) is 3.57. The Hall–Kier alpha value is -3.88. The zero-order chi connectivity index (χ0) is 21.3. The van der Waals surface area contributed by atoms with Gasteiger partial charge in [0.25, 0.3) is 17.7 Å². The van der Waals surface area contributed by atoms with Crippen molar-refractivity contribution in [1.29, 1.82) is 0 Å². The second-order valence-electron chi connectivity index (χ2n) is 6.77. The number of esters is 1. The highest BCUT2D eigenvalue weighted by molar-refractivity contribution is 6.22. The molecule has 2 aromatic carbocycles. The van der Waals surface area contributed by atoms with E-state index in [-0.39, 0.29) is 24.5 Å². The van der Waals surface area contributed by atoms with Crippen LogP contribution < -0.4 is 14.8 Å². The van der Waals surface area contributed by atoms with Gasteiger partial charge in [-0.25, -0.2) is 4.79 Å². The molecule has 0 saturated heterocycles. The number of rotatable bonds is 6. The summed E-state index contributed by atoms with van der Waals surface area (Å²) in [5.41, 5.74) is 1.27. The molecule has 1 N–H and O–H groups in total. The van der Waals surface area contributed by atoms with E-state index in [1.807, 2.05) is 0 Å². The number of carbonyl (C=O) groups excluding carboxylic acids is 4. The average Bonchev–Trinajstić information content (AvgIpc) is 3.32. The zero-order valence-electron chi connectivity index (χ0n) is 16.0. The molecule has 4 rings (SSSR count). The number of carbonyl (C=O) groups is 4. The van der Waals surface area contributed by atoms with Gasteiger partial charge in [-0.15, -0.1) is 0 Å². The number of benzene rings is 2. The summed E-state index contributed by atoms with van der Waals surface area (Å²) in [5, 5.41) is 2.63. The Bertz CT molecular complexity index is 1010. The zero-order valence-corrected chi connectivity index (χ0v) is 16.0. The van der Waals surface area contributed by atoms with Crippen molar-refractivity contribution in [2.75, 3.05) is 13.4 Å². The molecule has 0 saturated carbocycles. The lowest BCUT2D eigenvalue weighted by Gasteiger charge is -2.20. The lowest BCUT2D eigenvalue weighted by Crippen LogP contribution is -2.44. The number of fused-ring (bicyclic) bond motifs is 2. The first-order valence-corrected chi connectivity index (χ1v) is 9.24. The van der Waals surface area contributed by atoms with Gasteiger partial charge >= 0.3 is 5.97 Å². The van der Waals surface area contributed by atoms with Crippen LogP contribution in [0.3, 0.4) is 0 Å². The lowest BCUT2D eigenvalue weighted by atomic mass is 10.1. The van der Waals surface area contributed by atoms with Crippen molar-refractivity contribution >= 4 is 23.7 Å². The van der Waals surface area contributed by atoms with Crippen LogP contribution in [0.1, 0.15) is 33.2 Å². The summed E-state index contributed by atoms with van der Waals surface area (Å²) in [7, 11) is 0. The number of ether oxygens (including phenoxy) is 3. The standard InChI is InChI=1S/C21H18N2O7/c1-12(23-19(25)14-4-2-3-5-15(14)20(23)26)21(27)28-10-18(24)22-9-13-6-7-16-17(8-13)30-11-29-16/h2-8,12H,9-11H2,1H3,(H,22,24)/t12-/m0/s1. The number of amides is 3. The highest BCUT2D eigenvalue weighted by atomic mass is 16.7. The first kappa shape index (κ1) is 19.4. The quantitative estimate of drug-likeness (QED) is 0.564. The first-order valence-electron chi connectivity index (χ1n) is 9.24. The molecule has 0 radical (unpaired) electrons. The molecule has 154 valence electrons. The maximum atomic E-state index is 12.4.